The Kier molecular flexibility index (Phi) is 4.00. The van der Waals surface area contributed by atoms with Crippen molar-refractivity contribution in [1.82, 2.24) is 4.98 Å². The Labute approximate surface area is 108 Å². The van der Waals surface area contributed by atoms with Crippen LogP contribution in [0, 0.1) is 0 Å². The molecule has 0 amide bonds. The van der Waals surface area contributed by atoms with E-state index in [4.69, 9.17) is 15.2 Å². The van der Waals surface area contributed by atoms with Crippen molar-refractivity contribution in [2.45, 2.75) is 37.3 Å². The van der Waals surface area contributed by atoms with Crippen molar-refractivity contribution in [3.63, 3.8) is 0 Å². The van der Waals surface area contributed by atoms with Crippen LogP contribution in [-0.4, -0.2) is 30.8 Å². The first-order chi connectivity index (χ1) is 8.62. The topological polar surface area (TPSA) is 57.4 Å². The predicted octanol–water partition coefficient (Wildman–Crippen LogP) is 1.84. The van der Waals surface area contributed by atoms with E-state index in [1.807, 2.05) is 18.3 Å². The lowest BCUT2D eigenvalue weighted by Gasteiger charge is -2.55. The molecule has 0 radical (unpaired) electrons. The van der Waals surface area contributed by atoms with Crippen molar-refractivity contribution in [2.24, 2.45) is 5.73 Å². The number of methoxy groups -OCH3 is 1. The maximum atomic E-state index is 6.36. The van der Waals surface area contributed by atoms with E-state index in [1.165, 1.54) is 0 Å². The molecule has 1 heterocycles. The van der Waals surface area contributed by atoms with Crippen molar-refractivity contribution in [2.75, 3.05) is 20.3 Å². The fourth-order valence-corrected chi connectivity index (χ4v) is 2.59. The van der Waals surface area contributed by atoms with Gasteiger partial charge in [0.05, 0.1) is 6.61 Å². The van der Waals surface area contributed by atoms with Gasteiger partial charge in [-0.1, -0.05) is 6.07 Å². The van der Waals surface area contributed by atoms with Gasteiger partial charge in [-0.05, 0) is 32.3 Å². The van der Waals surface area contributed by atoms with Crippen LogP contribution in [0.15, 0.2) is 24.5 Å². The lowest BCUT2D eigenvalue weighted by molar-refractivity contribution is -0.164. The summed E-state index contributed by atoms with van der Waals surface area (Å²) < 4.78 is 11.2. The van der Waals surface area contributed by atoms with Gasteiger partial charge in [0, 0.05) is 37.2 Å². The Bertz CT molecular complexity index is 381. The molecule has 100 valence electrons. The maximum absolute atomic E-state index is 6.36. The molecule has 1 aromatic heterocycles. The van der Waals surface area contributed by atoms with Gasteiger partial charge in [-0.15, -0.1) is 0 Å². The summed E-state index contributed by atoms with van der Waals surface area (Å²) in [5, 5.41) is 0. The number of nitrogens with two attached hydrogens (primary N) is 1. The summed E-state index contributed by atoms with van der Waals surface area (Å²) in [4.78, 5) is 4.18. The van der Waals surface area contributed by atoms with Crippen LogP contribution in [0.5, 0.6) is 0 Å². The summed E-state index contributed by atoms with van der Waals surface area (Å²) in [6.07, 6.45) is 6.45. The van der Waals surface area contributed by atoms with Crippen LogP contribution in [-0.2, 0) is 15.1 Å². The Hall–Kier alpha value is -0.970. The summed E-state index contributed by atoms with van der Waals surface area (Å²) >= 11 is 0. The Balaban J connectivity index is 2.11. The second-order valence-electron chi connectivity index (χ2n) is 5.18. The highest BCUT2D eigenvalue weighted by atomic mass is 16.5. The van der Waals surface area contributed by atoms with Crippen LogP contribution < -0.4 is 5.73 Å². The van der Waals surface area contributed by atoms with Crippen LogP contribution in [0.4, 0.5) is 0 Å². The van der Waals surface area contributed by atoms with Crippen molar-refractivity contribution < 1.29 is 9.47 Å². The zero-order valence-electron chi connectivity index (χ0n) is 11.2. The first-order valence-corrected chi connectivity index (χ1v) is 6.45. The van der Waals surface area contributed by atoms with Crippen LogP contribution in [0.25, 0.3) is 0 Å². The highest BCUT2D eigenvalue weighted by Crippen LogP contribution is 2.50. The summed E-state index contributed by atoms with van der Waals surface area (Å²) in [6, 6.07) is 3.98. The SMILES string of the molecule is COCCCOC1(c2cccnc2)CCC1(C)N. The minimum absolute atomic E-state index is 0.316. The second-order valence-corrected chi connectivity index (χ2v) is 5.18. The molecule has 0 saturated heterocycles. The molecular weight excluding hydrogens is 228 g/mol. The molecule has 1 aliphatic carbocycles. The lowest BCUT2D eigenvalue weighted by atomic mass is 9.61. The molecule has 0 spiro atoms. The quantitative estimate of drug-likeness (QED) is 0.783. The molecule has 4 heteroatoms. The van der Waals surface area contributed by atoms with E-state index in [1.54, 1.807) is 13.3 Å². The van der Waals surface area contributed by atoms with Crippen LogP contribution in [0.2, 0.25) is 0 Å². The highest BCUT2D eigenvalue weighted by Gasteiger charge is 2.56. The smallest absolute Gasteiger partial charge is 0.112 e. The number of ether oxygens (including phenoxy) is 2. The Morgan fingerprint density at radius 1 is 1.39 bits per heavy atom. The van der Waals surface area contributed by atoms with Gasteiger partial charge in [-0.3, -0.25) is 4.98 Å². The molecule has 2 unspecified atom stereocenters. The van der Waals surface area contributed by atoms with E-state index < -0.39 is 0 Å². The summed E-state index contributed by atoms with van der Waals surface area (Å²) in [7, 11) is 1.70. The summed E-state index contributed by atoms with van der Waals surface area (Å²) in [6.45, 7) is 3.43. The van der Waals surface area contributed by atoms with Crippen LogP contribution >= 0.6 is 0 Å². The maximum Gasteiger partial charge on any atom is 0.112 e. The second kappa shape index (κ2) is 5.34. The minimum atomic E-state index is -0.380. The van der Waals surface area contributed by atoms with Gasteiger partial charge in [-0.25, -0.2) is 0 Å². The monoisotopic (exact) mass is 250 g/mol. The molecular formula is C14H22N2O2. The number of hydrogen-bond acceptors (Lipinski definition) is 4. The fourth-order valence-electron chi connectivity index (χ4n) is 2.59. The number of pyridine rings is 1. The average molecular weight is 250 g/mol. The van der Waals surface area contributed by atoms with E-state index in [-0.39, 0.29) is 11.1 Å². The first-order valence-electron chi connectivity index (χ1n) is 6.45. The van der Waals surface area contributed by atoms with Gasteiger partial charge in [0.15, 0.2) is 0 Å². The molecule has 18 heavy (non-hydrogen) atoms. The third-order valence-electron chi connectivity index (χ3n) is 3.89. The molecule has 2 atom stereocenters. The first kappa shape index (κ1) is 13.5. The van der Waals surface area contributed by atoms with Crippen molar-refractivity contribution in [3.05, 3.63) is 30.1 Å². The molecule has 1 fully saturated rings. The molecule has 4 nitrogen and oxygen atoms in total. The average Bonchev–Trinajstić information content (AvgIpc) is 2.39. The van der Waals surface area contributed by atoms with E-state index >= 15 is 0 Å². The Morgan fingerprint density at radius 2 is 2.22 bits per heavy atom. The van der Waals surface area contributed by atoms with E-state index in [0.717, 1.165) is 24.8 Å². The number of nitrogens with zero attached hydrogens (tertiary/aromatic N) is 1. The van der Waals surface area contributed by atoms with Crippen LogP contribution in [0.3, 0.4) is 0 Å². The van der Waals surface area contributed by atoms with Crippen molar-refractivity contribution in [1.29, 1.82) is 0 Å². The zero-order chi connectivity index (χ0) is 13.1. The molecule has 1 saturated carbocycles. The normalized spacial score (nSPS) is 31.1. The van der Waals surface area contributed by atoms with Crippen molar-refractivity contribution >= 4 is 0 Å². The number of hydrogen-bond donors (Lipinski definition) is 1. The minimum Gasteiger partial charge on any atom is -0.385 e. The van der Waals surface area contributed by atoms with E-state index in [2.05, 4.69) is 11.9 Å². The van der Waals surface area contributed by atoms with Gasteiger partial charge in [0.25, 0.3) is 0 Å². The predicted molar refractivity (Wildman–Crippen MR) is 70.2 cm³/mol. The molecule has 1 aromatic rings. The standard InChI is InChI=1S/C14H22N2O2/c1-13(15)6-7-14(13,18-10-4-9-17-2)12-5-3-8-16-11-12/h3,5,8,11H,4,6-7,9-10,15H2,1-2H3. The van der Waals surface area contributed by atoms with Gasteiger partial charge >= 0.3 is 0 Å². The zero-order valence-corrected chi connectivity index (χ0v) is 11.2. The van der Waals surface area contributed by atoms with Crippen LogP contribution in [0.1, 0.15) is 31.7 Å². The third kappa shape index (κ3) is 2.28. The van der Waals surface area contributed by atoms with E-state index in [0.29, 0.717) is 13.2 Å². The number of rotatable bonds is 6. The lowest BCUT2D eigenvalue weighted by Crippen LogP contribution is -2.65. The van der Waals surface area contributed by atoms with Gasteiger partial charge in [-0.2, -0.15) is 0 Å². The molecule has 0 aromatic carbocycles. The largest absolute Gasteiger partial charge is 0.385 e. The number of aromatic nitrogens is 1. The van der Waals surface area contributed by atoms with Crippen molar-refractivity contribution in [3.8, 4) is 0 Å². The molecule has 1 aliphatic rings. The van der Waals surface area contributed by atoms with Gasteiger partial charge in [0.1, 0.15) is 5.60 Å². The van der Waals surface area contributed by atoms with Gasteiger partial charge < -0.3 is 15.2 Å². The Morgan fingerprint density at radius 3 is 2.72 bits per heavy atom. The molecule has 0 bridgehead atoms. The molecule has 0 aliphatic heterocycles. The summed E-state index contributed by atoms with van der Waals surface area (Å²) in [5.41, 5.74) is 6.75. The van der Waals surface area contributed by atoms with E-state index in [9.17, 15) is 0 Å². The highest BCUT2D eigenvalue weighted by molar-refractivity contribution is 5.29. The summed E-state index contributed by atoms with van der Waals surface area (Å²) in [5.74, 6) is 0. The molecule has 2 rings (SSSR count). The third-order valence-corrected chi connectivity index (χ3v) is 3.89. The van der Waals surface area contributed by atoms with Gasteiger partial charge in [0.2, 0.25) is 0 Å². The molecule has 2 N–H and O–H groups in total. The fraction of sp³-hybridized carbons (Fsp3) is 0.643.